The summed E-state index contributed by atoms with van der Waals surface area (Å²) in [4.78, 5) is 2.63. The van der Waals surface area contributed by atoms with Gasteiger partial charge in [-0.15, -0.1) is 10.2 Å². The van der Waals surface area contributed by atoms with Gasteiger partial charge in [0.15, 0.2) is 0 Å². The van der Waals surface area contributed by atoms with E-state index in [9.17, 15) is 4.39 Å². The van der Waals surface area contributed by atoms with E-state index < -0.39 is 0 Å². The van der Waals surface area contributed by atoms with Crippen LogP contribution in [0.1, 0.15) is 12.8 Å². The SMILES string of the molecule is Fc1cccc(-c2ccc(NC3C4CN(CC5CCOCC5)CC43)nn2)c1. The normalized spacial score (nSPS) is 28.1. The van der Waals surface area contributed by atoms with E-state index in [4.69, 9.17) is 4.74 Å². The molecular formula is C21H25FN4O. The molecule has 2 unspecified atom stereocenters. The van der Waals surface area contributed by atoms with Crippen LogP contribution in [-0.2, 0) is 4.74 Å². The molecular weight excluding hydrogens is 343 g/mol. The molecule has 0 bridgehead atoms. The highest BCUT2D eigenvalue weighted by Gasteiger charge is 2.55. The first-order valence-electron chi connectivity index (χ1n) is 9.92. The number of hydrogen-bond donors (Lipinski definition) is 1. The monoisotopic (exact) mass is 368 g/mol. The molecule has 3 fully saturated rings. The number of piperidine rings is 1. The summed E-state index contributed by atoms with van der Waals surface area (Å²) in [5.74, 6) is 2.83. The van der Waals surface area contributed by atoms with Gasteiger partial charge in [-0.3, -0.25) is 0 Å². The molecule has 0 radical (unpaired) electrons. The van der Waals surface area contributed by atoms with Crippen LogP contribution in [0.15, 0.2) is 36.4 Å². The van der Waals surface area contributed by atoms with Crippen LogP contribution in [0.3, 0.4) is 0 Å². The molecule has 5 rings (SSSR count). The predicted octanol–water partition coefficient (Wildman–Crippen LogP) is 3.05. The maximum atomic E-state index is 13.4. The fraction of sp³-hybridized carbons (Fsp3) is 0.524. The van der Waals surface area contributed by atoms with Crippen molar-refractivity contribution in [2.45, 2.75) is 18.9 Å². The molecule has 1 N–H and O–H groups in total. The van der Waals surface area contributed by atoms with Gasteiger partial charge < -0.3 is 15.0 Å². The largest absolute Gasteiger partial charge is 0.381 e. The Labute approximate surface area is 158 Å². The van der Waals surface area contributed by atoms with Crippen LogP contribution in [0, 0.1) is 23.6 Å². The summed E-state index contributed by atoms with van der Waals surface area (Å²) < 4.78 is 18.8. The van der Waals surface area contributed by atoms with Gasteiger partial charge in [-0.1, -0.05) is 12.1 Å². The summed E-state index contributed by atoms with van der Waals surface area (Å²) in [7, 11) is 0. The van der Waals surface area contributed by atoms with Gasteiger partial charge in [-0.2, -0.15) is 0 Å². The zero-order chi connectivity index (χ0) is 18.2. The minimum Gasteiger partial charge on any atom is -0.381 e. The second kappa shape index (κ2) is 7.17. The van der Waals surface area contributed by atoms with E-state index in [1.165, 1.54) is 44.6 Å². The molecule has 0 amide bonds. The lowest BCUT2D eigenvalue weighted by Gasteiger charge is -2.28. The molecule has 5 nitrogen and oxygen atoms in total. The van der Waals surface area contributed by atoms with Crippen molar-refractivity contribution in [3.05, 3.63) is 42.2 Å². The first-order chi connectivity index (χ1) is 13.3. The predicted molar refractivity (Wildman–Crippen MR) is 102 cm³/mol. The van der Waals surface area contributed by atoms with E-state index in [1.807, 2.05) is 18.2 Å². The number of likely N-dealkylation sites (tertiary alicyclic amines) is 1. The molecule has 3 aliphatic rings. The van der Waals surface area contributed by atoms with Crippen molar-refractivity contribution >= 4 is 5.82 Å². The van der Waals surface area contributed by atoms with Crippen LogP contribution in [0.4, 0.5) is 10.2 Å². The summed E-state index contributed by atoms with van der Waals surface area (Å²) in [6, 6.07) is 10.8. The molecule has 0 spiro atoms. The number of halogens is 1. The van der Waals surface area contributed by atoms with Crippen LogP contribution in [-0.4, -0.2) is 54.0 Å². The second-order valence-electron chi connectivity index (χ2n) is 8.09. The number of nitrogens with zero attached hydrogens (tertiary/aromatic N) is 3. The molecule has 2 aliphatic heterocycles. The summed E-state index contributed by atoms with van der Waals surface area (Å²) in [6.07, 6.45) is 2.42. The quantitative estimate of drug-likeness (QED) is 0.879. The van der Waals surface area contributed by atoms with E-state index in [0.29, 0.717) is 11.7 Å². The second-order valence-corrected chi connectivity index (χ2v) is 8.09. The van der Waals surface area contributed by atoms with E-state index in [1.54, 1.807) is 6.07 Å². The smallest absolute Gasteiger partial charge is 0.148 e. The molecule has 2 atom stereocenters. The Morgan fingerprint density at radius 2 is 1.89 bits per heavy atom. The lowest BCUT2D eigenvalue weighted by Crippen LogP contribution is -2.34. The Hall–Kier alpha value is -2.05. The molecule has 1 aliphatic carbocycles. The number of fused-ring (bicyclic) bond motifs is 1. The van der Waals surface area contributed by atoms with Crippen LogP contribution < -0.4 is 5.32 Å². The van der Waals surface area contributed by atoms with Crippen molar-refractivity contribution < 1.29 is 9.13 Å². The van der Waals surface area contributed by atoms with Crippen LogP contribution in [0.25, 0.3) is 11.3 Å². The summed E-state index contributed by atoms with van der Waals surface area (Å²) in [5.41, 5.74) is 1.44. The van der Waals surface area contributed by atoms with Gasteiger partial charge in [-0.05, 0) is 54.9 Å². The molecule has 2 saturated heterocycles. The van der Waals surface area contributed by atoms with E-state index in [2.05, 4.69) is 20.4 Å². The van der Waals surface area contributed by atoms with Crippen molar-refractivity contribution in [3.63, 3.8) is 0 Å². The molecule has 1 aromatic heterocycles. The van der Waals surface area contributed by atoms with Gasteiger partial charge in [0.1, 0.15) is 11.6 Å². The zero-order valence-corrected chi connectivity index (χ0v) is 15.4. The van der Waals surface area contributed by atoms with Gasteiger partial charge in [0.25, 0.3) is 0 Å². The topological polar surface area (TPSA) is 50.3 Å². The van der Waals surface area contributed by atoms with Gasteiger partial charge in [-0.25, -0.2) is 4.39 Å². The van der Waals surface area contributed by atoms with Crippen molar-refractivity contribution in [2.75, 3.05) is 38.2 Å². The fourth-order valence-corrected chi connectivity index (χ4v) is 4.65. The molecule has 142 valence electrons. The Bertz CT molecular complexity index is 781. The number of rotatable bonds is 5. The van der Waals surface area contributed by atoms with Crippen molar-refractivity contribution in [2.24, 2.45) is 17.8 Å². The average Bonchev–Trinajstić information content (AvgIpc) is 3.13. The van der Waals surface area contributed by atoms with Crippen LogP contribution in [0.5, 0.6) is 0 Å². The lowest BCUT2D eigenvalue weighted by atomic mass is 10.00. The maximum absolute atomic E-state index is 13.4. The standard InChI is InChI=1S/C21H25FN4O/c22-16-3-1-2-15(10-16)19-4-5-20(25-24-19)23-21-17-12-26(13-18(17)21)11-14-6-8-27-9-7-14/h1-5,10,14,17-18,21H,6-9,11-13H2,(H,23,25). The van der Waals surface area contributed by atoms with Crippen molar-refractivity contribution in [1.82, 2.24) is 15.1 Å². The first kappa shape index (κ1) is 17.1. The first-order valence-corrected chi connectivity index (χ1v) is 9.92. The third-order valence-corrected chi connectivity index (χ3v) is 6.23. The van der Waals surface area contributed by atoms with E-state index >= 15 is 0 Å². The highest BCUT2D eigenvalue weighted by molar-refractivity contribution is 5.59. The lowest BCUT2D eigenvalue weighted by molar-refractivity contribution is 0.0540. The third-order valence-electron chi connectivity index (χ3n) is 6.23. The highest BCUT2D eigenvalue weighted by atomic mass is 19.1. The molecule has 27 heavy (non-hydrogen) atoms. The number of anilines is 1. The van der Waals surface area contributed by atoms with Crippen molar-refractivity contribution in [3.8, 4) is 11.3 Å². The Kier molecular flexibility index (Phi) is 4.53. The summed E-state index contributed by atoms with van der Waals surface area (Å²) >= 11 is 0. The minimum atomic E-state index is -0.257. The molecule has 6 heteroatoms. The summed E-state index contributed by atoms with van der Waals surface area (Å²) in [6.45, 7) is 5.47. The molecule has 3 heterocycles. The average molecular weight is 368 g/mol. The number of hydrogen-bond acceptors (Lipinski definition) is 5. The minimum absolute atomic E-state index is 0.257. The zero-order valence-electron chi connectivity index (χ0n) is 15.4. The van der Waals surface area contributed by atoms with Crippen LogP contribution >= 0.6 is 0 Å². The van der Waals surface area contributed by atoms with Crippen molar-refractivity contribution in [1.29, 1.82) is 0 Å². The Morgan fingerprint density at radius 1 is 1.07 bits per heavy atom. The number of nitrogens with one attached hydrogen (secondary N) is 1. The van der Waals surface area contributed by atoms with Gasteiger partial charge in [0.2, 0.25) is 0 Å². The Morgan fingerprint density at radius 3 is 2.59 bits per heavy atom. The third kappa shape index (κ3) is 3.69. The summed E-state index contributed by atoms with van der Waals surface area (Å²) in [5, 5.41) is 12.1. The van der Waals surface area contributed by atoms with E-state index in [0.717, 1.165) is 42.3 Å². The Balaban J connectivity index is 1.13. The van der Waals surface area contributed by atoms with Gasteiger partial charge in [0.05, 0.1) is 5.69 Å². The van der Waals surface area contributed by atoms with Gasteiger partial charge in [0, 0.05) is 44.5 Å². The number of benzene rings is 1. The molecule has 1 saturated carbocycles. The van der Waals surface area contributed by atoms with Crippen LogP contribution in [0.2, 0.25) is 0 Å². The number of ether oxygens (including phenoxy) is 1. The molecule has 2 aromatic rings. The fourth-order valence-electron chi connectivity index (χ4n) is 4.65. The molecule has 1 aromatic carbocycles. The maximum Gasteiger partial charge on any atom is 0.148 e. The van der Waals surface area contributed by atoms with Gasteiger partial charge >= 0.3 is 0 Å². The number of aromatic nitrogens is 2. The van der Waals surface area contributed by atoms with E-state index in [-0.39, 0.29) is 5.82 Å². The highest BCUT2D eigenvalue weighted by Crippen LogP contribution is 2.47.